The van der Waals surface area contributed by atoms with E-state index in [1.807, 2.05) is 31.2 Å². The van der Waals surface area contributed by atoms with Gasteiger partial charge in [0, 0.05) is 5.92 Å². The molecule has 5 heteroatoms. The number of aryl methyl sites for hydroxylation is 1. The lowest BCUT2D eigenvalue weighted by molar-refractivity contribution is 0.0294. The van der Waals surface area contributed by atoms with Gasteiger partial charge in [-0.3, -0.25) is 4.79 Å². The molecule has 25 heavy (non-hydrogen) atoms. The largest absolute Gasteiger partial charge is 0.496 e. The van der Waals surface area contributed by atoms with E-state index in [-0.39, 0.29) is 11.8 Å². The highest BCUT2D eigenvalue weighted by Gasteiger charge is 2.43. The van der Waals surface area contributed by atoms with Crippen molar-refractivity contribution in [1.82, 2.24) is 5.32 Å². The predicted molar refractivity (Wildman–Crippen MR) is 94.8 cm³/mol. The van der Waals surface area contributed by atoms with E-state index in [4.69, 9.17) is 4.74 Å². The third kappa shape index (κ3) is 3.38. The third-order valence-corrected chi connectivity index (χ3v) is 4.93. The minimum atomic E-state index is -1.01. The van der Waals surface area contributed by atoms with Gasteiger partial charge in [-0.25, -0.2) is 0 Å². The Morgan fingerprint density at radius 2 is 1.80 bits per heavy atom. The van der Waals surface area contributed by atoms with E-state index in [1.165, 1.54) is 7.11 Å². The number of hydrogen-bond donors (Lipinski definition) is 3. The van der Waals surface area contributed by atoms with Crippen LogP contribution in [0.3, 0.4) is 0 Å². The van der Waals surface area contributed by atoms with Crippen LogP contribution in [-0.2, 0) is 0 Å². The van der Waals surface area contributed by atoms with Crippen molar-refractivity contribution >= 4 is 5.91 Å². The second-order valence-electron chi connectivity index (χ2n) is 6.46. The number of carbonyl (C=O) groups excluding carboxylic acids is 1. The molecular formula is C20H23NO4. The van der Waals surface area contributed by atoms with Gasteiger partial charge in [0.1, 0.15) is 11.9 Å². The average molecular weight is 341 g/mol. The summed E-state index contributed by atoms with van der Waals surface area (Å²) >= 11 is 0. The molecule has 0 radical (unpaired) electrons. The lowest BCUT2D eigenvalue weighted by atomic mass is 9.90. The molecule has 1 aliphatic rings. The topological polar surface area (TPSA) is 78.8 Å². The number of para-hydroxylation sites is 1. The summed E-state index contributed by atoms with van der Waals surface area (Å²) in [4.78, 5) is 12.7. The average Bonchev–Trinajstić information content (AvgIpc) is 2.90. The van der Waals surface area contributed by atoms with Crippen LogP contribution in [0.1, 0.15) is 33.8 Å². The smallest absolute Gasteiger partial charge is 0.255 e. The Balaban J connectivity index is 1.88. The number of carbonyl (C=O) groups is 1. The van der Waals surface area contributed by atoms with Crippen molar-refractivity contribution < 1.29 is 19.7 Å². The van der Waals surface area contributed by atoms with Crippen LogP contribution < -0.4 is 10.1 Å². The van der Waals surface area contributed by atoms with E-state index in [0.29, 0.717) is 17.7 Å². The molecule has 3 rings (SSSR count). The Kier molecular flexibility index (Phi) is 5.06. The number of benzene rings is 2. The molecule has 4 atom stereocenters. The first-order chi connectivity index (χ1) is 12.0. The molecule has 0 saturated heterocycles. The van der Waals surface area contributed by atoms with Gasteiger partial charge in [-0.15, -0.1) is 0 Å². The van der Waals surface area contributed by atoms with E-state index in [1.54, 1.807) is 24.3 Å². The second-order valence-corrected chi connectivity index (χ2v) is 6.46. The van der Waals surface area contributed by atoms with Crippen LogP contribution in [0.2, 0.25) is 0 Å². The van der Waals surface area contributed by atoms with Crippen molar-refractivity contribution in [1.29, 1.82) is 0 Å². The van der Waals surface area contributed by atoms with Crippen LogP contribution in [0, 0.1) is 6.92 Å². The zero-order valence-corrected chi connectivity index (χ0v) is 14.3. The molecule has 2 aromatic rings. The number of aliphatic hydroxyl groups is 2. The van der Waals surface area contributed by atoms with Gasteiger partial charge < -0.3 is 20.3 Å². The minimum absolute atomic E-state index is 0.148. The Bertz CT molecular complexity index is 761. The summed E-state index contributed by atoms with van der Waals surface area (Å²) in [5, 5.41) is 23.5. The Morgan fingerprint density at radius 3 is 2.52 bits per heavy atom. The van der Waals surface area contributed by atoms with Crippen LogP contribution in [-0.4, -0.2) is 41.5 Å². The Hall–Kier alpha value is -2.37. The fraction of sp³-hybridized carbons (Fsp3) is 0.350. The van der Waals surface area contributed by atoms with Crippen molar-refractivity contribution in [3.05, 3.63) is 65.2 Å². The summed E-state index contributed by atoms with van der Waals surface area (Å²) in [7, 11) is 1.51. The number of methoxy groups -OCH3 is 1. The van der Waals surface area contributed by atoms with E-state index in [0.717, 1.165) is 11.1 Å². The van der Waals surface area contributed by atoms with Crippen molar-refractivity contribution in [2.75, 3.05) is 7.11 Å². The standard InChI is InChI=1S/C20H23NO4/c1-12-7-3-4-8-13(12)15-11-16(22)19(23)18(15)21-20(24)14-9-5-6-10-17(14)25-2/h3-10,15-16,18-19,22-23H,11H2,1-2H3,(H,21,24)/t15-,16-,18-,19-/m1/s1. The first-order valence-electron chi connectivity index (χ1n) is 8.38. The van der Waals surface area contributed by atoms with Crippen LogP contribution >= 0.6 is 0 Å². The van der Waals surface area contributed by atoms with Gasteiger partial charge >= 0.3 is 0 Å². The van der Waals surface area contributed by atoms with Crippen LogP contribution in [0.25, 0.3) is 0 Å². The number of hydrogen-bond acceptors (Lipinski definition) is 4. The highest BCUT2D eigenvalue weighted by molar-refractivity contribution is 5.97. The summed E-state index contributed by atoms with van der Waals surface area (Å²) in [5.74, 6) is -0.000446. The molecule has 1 amide bonds. The number of aliphatic hydroxyl groups excluding tert-OH is 2. The van der Waals surface area contributed by atoms with Gasteiger partial charge in [0.15, 0.2) is 0 Å². The maximum Gasteiger partial charge on any atom is 0.255 e. The third-order valence-electron chi connectivity index (χ3n) is 4.93. The number of nitrogens with one attached hydrogen (secondary N) is 1. The monoisotopic (exact) mass is 341 g/mol. The van der Waals surface area contributed by atoms with Crippen molar-refractivity contribution in [3.8, 4) is 5.75 Å². The van der Waals surface area contributed by atoms with Gasteiger partial charge in [0.05, 0.1) is 24.8 Å². The number of rotatable bonds is 4. The molecule has 3 N–H and O–H groups in total. The molecule has 0 spiro atoms. The summed E-state index contributed by atoms with van der Waals surface area (Å²) < 4.78 is 5.24. The highest BCUT2D eigenvalue weighted by Crippen LogP contribution is 2.37. The lowest BCUT2D eigenvalue weighted by Gasteiger charge is -2.25. The van der Waals surface area contributed by atoms with Crippen molar-refractivity contribution in [3.63, 3.8) is 0 Å². The quantitative estimate of drug-likeness (QED) is 0.795. The molecule has 1 aliphatic carbocycles. The minimum Gasteiger partial charge on any atom is -0.496 e. The van der Waals surface area contributed by atoms with Crippen molar-refractivity contribution in [2.24, 2.45) is 0 Å². The summed E-state index contributed by atoms with van der Waals surface area (Å²) in [6, 6.07) is 14.2. The molecular weight excluding hydrogens is 318 g/mol. The molecule has 0 aliphatic heterocycles. The van der Waals surface area contributed by atoms with Crippen LogP contribution in [0.4, 0.5) is 0 Å². The highest BCUT2D eigenvalue weighted by atomic mass is 16.5. The van der Waals surface area contributed by atoms with Crippen LogP contribution in [0.15, 0.2) is 48.5 Å². The number of amides is 1. The fourth-order valence-corrected chi connectivity index (χ4v) is 3.59. The fourth-order valence-electron chi connectivity index (χ4n) is 3.59. The molecule has 2 aromatic carbocycles. The van der Waals surface area contributed by atoms with E-state index in [9.17, 15) is 15.0 Å². The molecule has 5 nitrogen and oxygen atoms in total. The molecule has 0 unspecified atom stereocenters. The normalized spacial score (nSPS) is 25.6. The van der Waals surface area contributed by atoms with Gasteiger partial charge in [0.2, 0.25) is 0 Å². The first kappa shape index (κ1) is 17.5. The zero-order chi connectivity index (χ0) is 18.0. The summed E-state index contributed by atoms with van der Waals surface area (Å²) in [5.41, 5.74) is 2.51. The van der Waals surface area contributed by atoms with Crippen molar-refractivity contribution in [2.45, 2.75) is 37.5 Å². The van der Waals surface area contributed by atoms with E-state index >= 15 is 0 Å². The summed E-state index contributed by atoms with van der Waals surface area (Å²) in [6.45, 7) is 1.99. The molecule has 0 heterocycles. The molecule has 1 fully saturated rings. The predicted octanol–water partition coefficient (Wildman–Crippen LogP) is 2.01. The van der Waals surface area contributed by atoms with E-state index < -0.39 is 18.2 Å². The second kappa shape index (κ2) is 7.25. The van der Waals surface area contributed by atoms with Gasteiger partial charge in [0.25, 0.3) is 5.91 Å². The maximum absolute atomic E-state index is 12.7. The van der Waals surface area contributed by atoms with Gasteiger partial charge in [-0.1, -0.05) is 36.4 Å². The maximum atomic E-state index is 12.7. The number of ether oxygens (including phenoxy) is 1. The zero-order valence-electron chi connectivity index (χ0n) is 14.3. The first-order valence-corrected chi connectivity index (χ1v) is 8.38. The van der Waals surface area contributed by atoms with Gasteiger partial charge in [-0.05, 0) is 36.6 Å². The molecule has 132 valence electrons. The van der Waals surface area contributed by atoms with E-state index in [2.05, 4.69) is 5.32 Å². The molecule has 1 saturated carbocycles. The molecule has 0 aromatic heterocycles. The molecule has 0 bridgehead atoms. The summed E-state index contributed by atoms with van der Waals surface area (Å²) in [6.07, 6.45) is -1.47. The lowest BCUT2D eigenvalue weighted by Crippen LogP contribution is -2.45. The Labute approximate surface area is 147 Å². The van der Waals surface area contributed by atoms with Crippen LogP contribution in [0.5, 0.6) is 5.75 Å². The Morgan fingerprint density at radius 1 is 1.12 bits per heavy atom. The SMILES string of the molecule is COc1ccccc1C(=O)N[C@H]1[C@H](O)[C@H](O)C[C@@H]1c1ccccc1C. The van der Waals surface area contributed by atoms with Gasteiger partial charge in [-0.2, -0.15) is 0 Å².